The van der Waals surface area contributed by atoms with E-state index < -0.39 is 0 Å². The molecule has 0 unspecified atom stereocenters. The molecule has 186 valence electrons. The quantitative estimate of drug-likeness (QED) is 0.222. The maximum atomic E-state index is 14.1. The average molecular weight is 545 g/mol. The van der Waals surface area contributed by atoms with E-state index in [1.807, 2.05) is 66.7 Å². The highest BCUT2D eigenvalue weighted by atomic mass is 35.5. The van der Waals surface area contributed by atoms with Crippen molar-refractivity contribution in [2.45, 2.75) is 0 Å². The van der Waals surface area contributed by atoms with Crippen molar-refractivity contribution >= 4 is 43.1 Å². The molecule has 0 spiro atoms. The van der Waals surface area contributed by atoms with Gasteiger partial charge in [-0.3, -0.25) is 4.98 Å². The van der Waals surface area contributed by atoms with E-state index in [0.29, 0.717) is 11.6 Å². The van der Waals surface area contributed by atoms with E-state index in [2.05, 4.69) is 33.2 Å². The Bertz CT molecular complexity index is 2010. The van der Waals surface area contributed by atoms with Gasteiger partial charge in [-0.1, -0.05) is 78.9 Å². The molecule has 0 atom stereocenters. The van der Waals surface area contributed by atoms with Crippen LogP contribution in [0.2, 0.25) is 5.28 Å². The molecule has 0 fully saturated rings. The van der Waals surface area contributed by atoms with Gasteiger partial charge in [0.25, 0.3) is 0 Å². The average Bonchev–Trinajstić information content (AvgIpc) is 3.36. The van der Waals surface area contributed by atoms with Gasteiger partial charge in [0.15, 0.2) is 11.6 Å². The minimum atomic E-state index is -0.292. The molecular formula is C32H18ClFN4S. The zero-order valence-corrected chi connectivity index (χ0v) is 21.9. The summed E-state index contributed by atoms with van der Waals surface area (Å²) in [5, 5.41) is 2.36. The van der Waals surface area contributed by atoms with Gasteiger partial charge in [-0.25, -0.2) is 9.37 Å². The number of hydrogen-bond donors (Lipinski definition) is 0. The molecule has 3 heterocycles. The Morgan fingerprint density at radius 3 is 2.05 bits per heavy atom. The van der Waals surface area contributed by atoms with Crippen LogP contribution in [-0.4, -0.2) is 19.9 Å². The molecule has 7 heteroatoms. The molecule has 0 aliphatic carbocycles. The summed E-state index contributed by atoms with van der Waals surface area (Å²) in [6, 6.07) is 32.6. The Labute approximate surface area is 232 Å². The Hall–Kier alpha value is -4.52. The topological polar surface area (TPSA) is 51.6 Å². The first-order valence-corrected chi connectivity index (χ1v) is 13.5. The second-order valence-corrected chi connectivity index (χ2v) is 10.4. The van der Waals surface area contributed by atoms with Crippen molar-refractivity contribution in [3.8, 4) is 45.2 Å². The van der Waals surface area contributed by atoms with E-state index in [4.69, 9.17) is 16.6 Å². The van der Waals surface area contributed by atoms with Gasteiger partial charge in [-0.15, -0.1) is 11.3 Å². The van der Waals surface area contributed by atoms with E-state index in [0.717, 1.165) is 53.7 Å². The van der Waals surface area contributed by atoms with Gasteiger partial charge in [0.05, 0.1) is 5.69 Å². The Balaban J connectivity index is 1.44. The first-order chi connectivity index (χ1) is 19.2. The molecule has 0 radical (unpaired) electrons. The number of aromatic nitrogens is 4. The molecule has 39 heavy (non-hydrogen) atoms. The number of thiophene rings is 1. The summed E-state index contributed by atoms with van der Waals surface area (Å²) in [4.78, 5) is 18.3. The minimum absolute atomic E-state index is 0.146. The summed E-state index contributed by atoms with van der Waals surface area (Å²) in [6.07, 6.45) is 1.74. The third-order valence-electron chi connectivity index (χ3n) is 6.60. The molecule has 3 aromatic heterocycles. The van der Waals surface area contributed by atoms with Gasteiger partial charge in [-0.2, -0.15) is 9.97 Å². The lowest BCUT2D eigenvalue weighted by Gasteiger charge is -2.10. The fraction of sp³-hybridized carbons (Fsp3) is 0. The van der Waals surface area contributed by atoms with E-state index in [-0.39, 0.29) is 11.1 Å². The molecule has 4 nitrogen and oxygen atoms in total. The van der Waals surface area contributed by atoms with Gasteiger partial charge in [0.1, 0.15) is 5.82 Å². The molecule has 0 bridgehead atoms. The summed E-state index contributed by atoms with van der Waals surface area (Å²) in [6.45, 7) is 0. The maximum Gasteiger partial charge on any atom is 0.226 e. The first kappa shape index (κ1) is 23.6. The van der Waals surface area contributed by atoms with Crippen molar-refractivity contribution in [2.24, 2.45) is 0 Å². The largest absolute Gasteiger partial charge is 0.256 e. The predicted octanol–water partition coefficient (Wildman–Crippen LogP) is 9.09. The van der Waals surface area contributed by atoms with Crippen LogP contribution in [0.15, 0.2) is 109 Å². The van der Waals surface area contributed by atoms with Gasteiger partial charge >= 0.3 is 0 Å². The van der Waals surface area contributed by atoms with Crippen molar-refractivity contribution in [1.29, 1.82) is 0 Å². The lowest BCUT2D eigenvalue weighted by atomic mass is 9.97. The second-order valence-electron chi connectivity index (χ2n) is 8.99. The number of fused-ring (bicyclic) bond motifs is 3. The number of rotatable bonds is 4. The highest BCUT2D eigenvalue weighted by Crippen LogP contribution is 2.44. The van der Waals surface area contributed by atoms with Crippen LogP contribution in [0.4, 0.5) is 4.39 Å². The van der Waals surface area contributed by atoms with Crippen molar-refractivity contribution in [3.05, 3.63) is 120 Å². The molecule has 7 rings (SSSR count). The highest BCUT2D eigenvalue weighted by molar-refractivity contribution is 7.26. The molecular weight excluding hydrogens is 527 g/mol. The molecule has 7 aromatic rings. The molecule has 0 saturated carbocycles. The standard InChI is InChI=1S/C32H18ClFN4S/c33-32-37-30(19-8-2-1-3-9-19)36-31(38-32)26-15-6-14-25-24-13-5-12-23(28(24)39-29(25)26)22-16-7-17-35-27(22)20-10-4-11-21(34)18-20/h1-18H. The lowest BCUT2D eigenvalue weighted by molar-refractivity contribution is 0.628. The zero-order chi connectivity index (χ0) is 26.3. The molecule has 0 N–H and O–H groups in total. The van der Waals surface area contributed by atoms with Crippen molar-refractivity contribution in [2.75, 3.05) is 0 Å². The Morgan fingerprint density at radius 1 is 0.590 bits per heavy atom. The third kappa shape index (κ3) is 4.24. The third-order valence-corrected chi connectivity index (χ3v) is 8.06. The lowest BCUT2D eigenvalue weighted by Crippen LogP contribution is -1.97. The number of pyridine rings is 1. The molecule has 0 saturated heterocycles. The fourth-order valence-electron chi connectivity index (χ4n) is 4.88. The van der Waals surface area contributed by atoms with E-state index in [9.17, 15) is 4.39 Å². The minimum Gasteiger partial charge on any atom is -0.256 e. The van der Waals surface area contributed by atoms with E-state index in [1.165, 1.54) is 12.1 Å². The van der Waals surface area contributed by atoms with Gasteiger partial charge in [0.2, 0.25) is 5.28 Å². The molecule has 0 aliphatic heterocycles. The highest BCUT2D eigenvalue weighted by Gasteiger charge is 2.18. The van der Waals surface area contributed by atoms with Crippen molar-refractivity contribution < 1.29 is 4.39 Å². The van der Waals surface area contributed by atoms with Gasteiger partial charge in [-0.05, 0) is 35.9 Å². The van der Waals surface area contributed by atoms with Crippen LogP contribution in [-0.2, 0) is 0 Å². The smallest absolute Gasteiger partial charge is 0.226 e. The van der Waals surface area contributed by atoms with Crippen LogP contribution in [0.5, 0.6) is 0 Å². The molecule has 4 aromatic carbocycles. The van der Waals surface area contributed by atoms with Crippen LogP contribution in [0.25, 0.3) is 65.3 Å². The predicted molar refractivity (Wildman–Crippen MR) is 157 cm³/mol. The number of benzene rings is 4. The van der Waals surface area contributed by atoms with E-state index in [1.54, 1.807) is 23.6 Å². The van der Waals surface area contributed by atoms with Crippen LogP contribution in [0, 0.1) is 5.82 Å². The monoisotopic (exact) mass is 544 g/mol. The molecule has 0 aliphatic rings. The fourth-order valence-corrected chi connectivity index (χ4v) is 6.38. The summed E-state index contributed by atoms with van der Waals surface area (Å²) in [5.74, 6) is 0.758. The summed E-state index contributed by atoms with van der Waals surface area (Å²) in [7, 11) is 0. The van der Waals surface area contributed by atoms with Crippen LogP contribution in [0.3, 0.4) is 0 Å². The zero-order valence-electron chi connectivity index (χ0n) is 20.3. The van der Waals surface area contributed by atoms with Crippen LogP contribution >= 0.6 is 22.9 Å². The normalized spacial score (nSPS) is 11.3. The van der Waals surface area contributed by atoms with E-state index >= 15 is 0 Å². The summed E-state index contributed by atoms with van der Waals surface area (Å²) in [5.41, 5.74) is 5.20. The number of halogens is 2. The van der Waals surface area contributed by atoms with Gasteiger partial charge in [0, 0.05) is 54.2 Å². The van der Waals surface area contributed by atoms with Gasteiger partial charge < -0.3 is 0 Å². The Morgan fingerprint density at radius 2 is 1.26 bits per heavy atom. The summed E-state index contributed by atoms with van der Waals surface area (Å²) >= 11 is 8.05. The summed E-state index contributed by atoms with van der Waals surface area (Å²) < 4.78 is 16.3. The van der Waals surface area contributed by atoms with Crippen molar-refractivity contribution in [3.63, 3.8) is 0 Å². The SMILES string of the molecule is Fc1cccc(-c2ncccc2-c2cccc3c2sc2c(-c4nc(Cl)nc(-c5ccccc5)n4)cccc23)c1. The van der Waals surface area contributed by atoms with Crippen molar-refractivity contribution in [1.82, 2.24) is 19.9 Å². The number of nitrogens with zero attached hydrogens (tertiary/aromatic N) is 4. The van der Waals surface area contributed by atoms with Crippen LogP contribution in [0.1, 0.15) is 0 Å². The molecule has 0 amide bonds. The maximum absolute atomic E-state index is 14.1. The first-order valence-electron chi connectivity index (χ1n) is 12.3. The number of hydrogen-bond acceptors (Lipinski definition) is 5. The second kappa shape index (κ2) is 9.66. The Kier molecular flexibility index (Phi) is 5.84. The van der Waals surface area contributed by atoms with Crippen LogP contribution < -0.4 is 0 Å².